The predicted octanol–water partition coefficient (Wildman–Crippen LogP) is 2.91. The van der Waals surface area contributed by atoms with Crippen LogP contribution in [0.15, 0.2) is 12.2 Å². The van der Waals surface area contributed by atoms with E-state index in [-0.39, 0.29) is 11.5 Å². The highest BCUT2D eigenvalue weighted by Gasteiger charge is 2.51. The summed E-state index contributed by atoms with van der Waals surface area (Å²) >= 11 is 0. The van der Waals surface area contributed by atoms with Gasteiger partial charge in [-0.2, -0.15) is 0 Å². The summed E-state index contributed by atoms with van der Waals surface area (Å²) in [6, 6.07) is 0. The first-order valence-electron chi connectivity index (χ1n) is 9.17. The molecule has 140 valence electrons. The van der Waals surface area contributed by atoms with Crippen LogP contribution in [0.5, 0.6) is 0 Å². The molecular weight excluding hydrogens is 322 g/mol. The van der Waals surface area contributed by atoms with Crippen LogP contribution in [0.25, 0.3) is 0 Å². The molecule has 2 heterocycles. The molecule has 6 heteroatoms. The van der Waals surface area contributed by atoms with Gasteiger partial charge < -0.3 is 23.9 Å². The van der Waals surface area contributed by atoms with Crippen LogP contribution in [0.2, 0.25) is 0 Å². The first-order chi connectivity index (χ1) is 11.8. The highest BCUT2D eigenvalue weighted by molar-refractivity contribution is 5.68. The summed E-state index contributed by atoms with van der Waals surface area (Å²) < 4.78 is 17.2. The lowest BCUT2D eigenvalue weighted by Gasteiger charge is -2.51. The van der Waals surface area contributed by atoms with E-state index in [9.17, 15) is 9.59 Å². The van der Waals surface area contributed by atoms with Crippen molar-refractivity contribution in [1.29, 1.82) is 0 Å². The van der Waals surface area contributed by atoms with Gasteiger partial charge in [-0.05, 0) is 45.6 Å². The van der Waals surface area contributed by atoms with Gasteiger partial charge in [-0.15, -0.1) is 0 Å². The van der Waals surface area contributed by atoms with Crippen LogP contribution in [0, 0.1) is 11.3 Å². The van der Waals surface area contributed by atoms with E-state index >= 15 is 0 Å². The van der Waals surface area contributed by atoms with Crippen molar-refractivity contribution in [3.8, 4) is 0 Å². The fourth-order valence-corrected chi connectivity index (χ4v) is 4.22. The summed E-state index contributed by atoms with van der Waals surface area (Å²) in [5.74, 6) is -0.280. The molecule has 0 aromatic rings. The minimum Gasteiger partial charge on any atom is -0.444 e. The fraction of sp³-hybridized carbons (Fsp3) is 0.789. The molecule has 2 fully saturated rings. The van der Waals surface area contributed by atoms with Gasteiger partial charge in [0.25, 0.3) is 0 Å². The number of carbonyl (C=O) groups is 2. The van der Waals surface area contributed by atoms with Crippen molar-refractivity contribution in [3.63, 3.8) is 0 Å². The van der Waals surface area contributed by atoms with Gasteiger partial charge in [0.1, 0.15) is 11.9 Å². The van der Waals surface area contributed by atoms with E-state index in [1.165, 1.54) is 0 Å². The molecule has 6 nitrogen and oxygen atoms in total. The van der Waals surface area contributed by atoms with Crippen LogP contribution in [0.4, 0.5) is 4.79 Å². The molecule has 1 spiro atoms. The van der Waals surface area contributed by atoms with Crippen molar-refractivity contribution < 1.29 is 23.8 Å². The zero-order chi connectivity index (χ0) is 18.1. The highest BCUT2D eigenvalue weighted by Crippen LogP contribution is 2.50. The molecular formula is C19H29NO5. The van der Waals surface area contributed by atoms with Gasteiger partial charge in [-0.1, -0.05) is 6.08 Å². The number of ether oxygens (including phenoxy) is 3. The molecule has 0 aromatic heterocycles. The number of carbonyl (C=O) groups excluding carboxylic acids is 2. The normalized spacial score (nSPS) is 31.0. The van der Waals surface area contributed by atoms with E-state index in [1.807, 2.05) is 26.8 Å². The third kappa shape index (κ3) is 3.90. The SMILES string of the molecule is CC(C)(C)OC(=O)N1CC[C@H]2CC3(C=C[C@@]2(CCC=O)C1)OCCO3. The van der Waals surface area contributed by atoms with Crippen molar-refractivity contribution in [3.05, 3.63) is 12.2 Å². The lowest BCUT2D eigenvalue weighted by atomic mass is 9.63. The molecule has 0 radical (unpaired) electrons. The average molecular weight is 351 g/mol. The highest BCUT2D eigenvalue weighted by atomic mass is 16.7. The molecule has 2 saturated heterocycles. The largest absolute Gasteiger partial charge is 0.444 e. The Balaban J connectivity index is 1.79. The Labute approximate surface area is 149 Å². The fourth-order valence-electron chi connectivity index (χ4n) is 4.22. The number of nitrogens with zero attached hydrogens (tertiary/aromatic N) is 1. The Hall–Kier alpha value is -1.40. The lowest BCUT2D eigenvalue weighted by molar-refractivity contribution is -0.152. The topological polar surface area (TPSA) is 65.1 Å². The number of likely N-dealkylation sites (tertiary alicyclic amines) is 1. The van der Waals surface area contributed by atoms with Gasteiger partial charge >= 0.3 is 6.09 Å². The van der Waals surface area contributed by atoms with Gasteiger partial charge in [-0.3, -0.25) is 0 Å². The standard InChI is InChI=1S/C19H29NO5/c1-17(2,3)25-16(22)20-9-5-15-13-19(23-11-12-24-19)8-7-18(15,14-20)6-4-10-21/h7-8,10,15H,4-6,9,11-14H2,1-3H3/t15-,18-/m0/s1. The van der Waals surface area contributed by atoms with E-state index in [2.05, 4.69) is 6.08 Å². The molecule has 2 aliphatic heterocycles. The molecule has 0 aromatic carbocycles. The molecule has 1 amide bonds. The van der Waals surface area contributed by atoms with E-state index in [4.69, 9.17) is 14.2 Å². The Morgan fingerprint density at radius 2 is 2.04 bits per heavy atom. The van der Waals surface area contributed by atoms with E-state index in [0.717, 1.165) is 25.5 Å². The summed E-state index contributed by atoms with van der Waals surface area (Å²) in [5, 5.41) is 0. The van der Waals surface area contributed by atoms with Gasteiger partial charge in [0.2, 0.25) is 0 Å². The molecule has 2 atom stereocenters. The van der Waals surface area contributed by atoms with Crippen molar-refractivity contribution in [1.82, 2.24) is 4.90 Å². The zero-order valence-electron chi connectivity index (χ0n) is 15.5. The molecule has 1 aliphatic carbocycles. The third-order valence-electron chi connectivity index (χ3n) is 5.40. The van der Waals surface area contributed by atoms with E-state index in [1.54, 1.807) is 4.90 Å². The van der Waals surface area contributed by atoms with Crippen molar-refractivity contribution in [2.24, 2.45) is 11.3 Å². The van der Waals surface area contributed by atoms with Gasteiger partial charge in [0.15, 0.2) is 5.79 Å². The smallest absolute Gasteiger partial charge is 0.410 e. The first kappa shape index (κ1) is 18.4. The zero-order valence-corrected chi connectivity index (χ0v) is 15.5. The maximum atomic E-state index is 12.5. The second kappa shape index (κ2) is 6.72. The van der Waals surface area contributed by atoms with E-state index < -0.39 is 11.4 Å². The summed E-state index contributed by atoms with van der Waals surface area (Å²) in [6.07, 6.45) is 7.66. The number of rotatable bonds is 3. The van der Waals surface area contributed by atoms with Crippen molar-refractivity contribution in [2.45, 2.75) is 57.8 Å². The molecule has 0 saturated carbocycles. The number of fused-ring (bicyclic) bond motifs is 1. The predicted molar refractivity (Wildman–Crippen MR) is 92.0 cm³/mol. The van der Waals surface area contributed by atoms with Crippen LogP contribution < -0.4 is 0 Å². The minimum absolute atomic E-state index is 0.212. The molecule has 3 aliphatic rings. The monoisotopic (exact) mass is 351 g/mol. The maximum absolute atomic E-state index is 12.5. The second-order valence-electron chi connectivity index (χ2n) is 8.37. The van der Waals surface area contributed by atoms with Crippen LogP contribution in [-0.2, 0) is 19.0 Å². The van der Waals surface area contributed by atoms with Crippen molar-refractivity contribution in [2.75, 3.05) is 26.3 Å². The number of amides is 1. The molecule has 0 unspecified atom stereocenters. The first-order valence-corrected chi connectivity index (χ1v) is 9.17. The Kier molecular flexibility index (Phi) is 4.95. The van der Waals surface area contributed by atoms with Crippen molar-refractivity contribution >= 4 is 12.4 Å². The summed E-state index contributed by atoms with van der Waals surface area (Å²) in [6.45, 7) is 8.08. The quantitative estimate of drug-likeness (QED) is 0.578. The van der Waals surface area contributed by atoms with Gasteiger partial charge in [0.05, 0.1) is 13.2 Å². The van der Waals surface area contributed by atoms with Crippen LogP contribution in [0.1, 0.15) is 46.5 Å². The van der Waals surface area contributed by atoms with E-state index in [0.29, 0.717) is 38.6 Å². The van der Waals surface area contributed by atoms with Crippen LogP contribution >= 0.6 is 0 Å². The second-order valence-corrected chi connectivity index (χ2v) is 8.37. The number of piperidine rings is 1. The molecule has 0 bridgehead atoms. The Morgan fingerprint density at radius 1 is 1.32 bits per heavy atom. The molecule has 0 N–H and O–H groups in total. The number of aldehydes is 1. The number of hydrogen-bond acceptors (Lipinski definition) is 5. The maximum Gasteiger partial charge on any atom is 0.410 e. The van der Waals surface area contributed by atoms with Crippen LogP contribution in [0.3, 0.4) is 0 Å². The molecule has 25 heavy (non-hydrogen) atoms. The number of hydrogen-bond donors (Lipinski definition) is 0. The summed E-state index contributed by atoms with van der Waals surface area (Å²) in [4.78, 5) is 25.3. The third-order valence-corrected chi connectivity index (χ3v) is 5.40. The Morgan fingerprint density at radius 3 is 2.68 bits per heavy atom. The van der Waals surface area contributed by atoms with Crippen LogP contribution in [-0.4, -0.2) is 55.0 Å². The van der Waals surface area contributed by atoms with Gasteiger partial charge in [-0.25, -0.2) is 4.79 Å². The minimum atomic E-state index is -0.608. The summed E-state index contributed by atoms with van der Waals surface area (Å²) in [5.41, 5.74) is -0.724. The Bertz CT molecular complexity index is 547. The summed E-state index contributed by atoms with van der Waals surface area (Å²) in [7, 11) is 0. The molecule has 3 rings (SSSR count). The lowest BCUT2D eigenvalue weighted by Crippen LogP contribution is -2.54. The van der Waals surface area contributed by atoms with Gasteiger partial charge in [0, 0.05) is 31.3 Å². The average Bonchev–Trinajstić information content (AvgIpc) is 2.99.